The number of amides is 1. The number of anilines is 1. The number of carbonyl (C=O) groups is 1. The number of fused-ring (bicyclic) bond motifs is 2. The summed E-state index contributed by atoms with van der Waals surface area (Å²) < 4.78 is 0. The Balaban J connectivity index is 1.91. The van der Waals surface area contributed by atoms with Crippen molar-refractivity contribution in [2.45, 2.75) is 6.92 Å². The van der Waals surface area contributed by atoms with E-state index in [2.05, 4.69) is 35.4 Å². The summed E-state index contributed by atoms with van der Waals surface area (Å²) in [7, 11) is 0. The Morgan fingerprint density at radius 2 is 1.95 bits per heavy atom. The fourth-order valence-corrected chi connectivity index (χ4v) is 2.81. The molecule has 3 heteroatoms. The van der Waals surface area contributed by atoms with E-state index in [1.54, 1.807) is 0 Å². The summed E-state index contributed by atoms with van der Waals surface area (Å²) in [5.74, 6) is -0.0433. The fraction of sp³-hybridized carbons (Fsp3) is 0.0556. The molecule has 0 atom stereocenters. The van der Waals surface area contributed by atoms with E-state index < -0.39 is 0 Å². The summed E-state index contributed by atoms with van der Waals surface area (Å²) in [6.07, 6.45) is 3.91. The first-order valence-corrected chi connectivity index (χ1v) is 6.92. The largest absolute Gasteiger partial charge is 0.361 e. The van der Waals surface area contributed by atoms with Crippen LogP contribution in [-0.4, -0.2) is 10.9 Å². The zero-order chi connectivity index (χ0) is 14.4. The van der Waals surface area contributed by atoms with Crippen LogP contribution in [0.5, 0.6) is 0 Å². The van der Waals surface area contributed by atoms with Crippen molar-refractivity contribution in [1.29, 1.82) is 0 Å². The van der Waals surface area contributed by atoms with Crippen LogP contribution in [0.25, 0.3) is 22.6 Å². The highest BCUT2D eigenvalue weighted by Gasteiger charge is 2.23. The average molecular weight is 274 g/mol. The molecule has 0 radical (unpaired) electrons. The molecule has 2 aromatic carbocycles. The van der Waals surface area contributed by atoms with Crippen molar-refractivity contribution in [3.63, 3.8) is 0 Å². The third kappa shape index (κ3) is 1.86. The molecule has 0 saturated carbocycles. The Hall–Kier alpha value is -2.81. The number of hydrogen-bond donors (Lipinski definition) is 2. The quantitative estimate of drug-likeness (QED) is 0.648. The molecule has 1 aliphatic heterocycles. The number of aromatic nitrogens is 1. The van der Waals surface area contributed by atoms with Crippen LogP contribution < -0.4 is 5.32 Å². The Morgan fingerprint density at radius 3 is 2.86 bits per heavy atom. The monoisotopic (exact) mass is 274 g/mol. The highest BCUT2D eigenvalue weighted by Crippen LogP contribution is 2.33. The van der Waals surface area contributed by atoms with Gasteiger partial charge in [-0.05, 0) is 31.2 Å². The second-order valence-corrected chi connectivity index (χ2v) is 5.35. The van der Waals surface area contributed by atoms with Gasteiger partial charge in [0.2, 0.25) is 0 Å². The first-order chi connectivity index (χ1) is 10.2. The molecule has 21 heavy (non-hydrogen) atoms. The van der Waals surface area contributed by atoms with Gasteiger partial charge in [0, 0.05) is 39.5 Å². The molecule has 3 aromatic rings. The number of para-hydroxylation sites is 1. The minimum absolute atomic E-state index is 0.0433. The Kier molecular flexibility index (Phi) is 2.48. The number of benzene rings is 2. The highest BCUT2D eigenvalue weighted by atomic mass is 16.2. The molecule has 4 rings (SSSR count). The van der Waals surface area contributed by atoms with E-state index in [-0.39, 0.29) is 5.91 Å². The van der Waals surface area contributed by atoms with E-state index >= 15 is 0 Å². The van der Waals surface area contributed by atoms with Crippen LogP contribution in [0.2, 0.25) is 0 Å². The fourth-order valence-electron chi connectivity index (χ4n) is 2.81. The highest BCUT2D eigenvalue weighted by molar-refractivity contribution is 6.35. The van der Waals surface area contributed by atoms with Gasteiger partial charge >= 0.3 is 0 Å². The molecule has 1 amide bonds. The smallest absolute Gasteiger partial charge is 0.256 e. The van der Waals surface area contributed by atoms with Gasteiger partial charge in [-0.15, -0.1) is 0 Å². The number of aryl methyl sites for hydroxylation is 1. The van der Waals surface area contributed by atoms with Crippen molar-refractivity contribution in [3.05, 3.63) is 65.4 Å². The molecule has 0 unspecified atom stereocenters. The first-order valence-electron chi connectivity index (χ1n) is 6.92. The number of H-pyrrole nitrogens is 1. The van der Waals surface area contributed by atoms with Crippen LogP contribution in [0.15, 0.2) is 48.7 Å². The van der Waals surface area contributed by atoms with Crippen LogP contribution in [-0.2, 0) is 4.79 Å². The Labute approximate surface area is 122 Å². The normalized spacial score (nSPS) is 15.5. The van der Waals surface area contributed by atoms with E-state index in [1.807, 2.05) is 36.5 Å². The van der Waals surface area contributed by atoms with Crippen molar-refractivity contribution < 1.29 is 4.79 Å². The number of nitrogens with one attached hydrogen (secondary N) is 2. The average Bonchev–Trinajstić information content (AvgIpc) is 3.01. The molecular weight excluding hydrogens is 260 g/mol. The molecule has 1 aliphatic rings. The summed E-state index contributed by atoms with van der Waals surface area (Å²) in [6.45, 7) is 2.07. The lowest BCUT2D eigenvalue weighted by atomic mass is 10.0. The van der Waals surface area contributed by atoms with Crippen molar-refractivity contribution in [1.82, 2.24) is 4.98 Å². The van der Waals surface area contributed by atoms with Gasteiger partial charge in [0.15, 0.2) is 0 Å². The second-order valence-electron chi connectivity index (χ2n) is 5.35. The van der Waals surface area contributed by atoms with E-state index in [0.29, 0.717) is 5.57 Å². The summed E-state index contributed by atoms with van der Waals surface area (Å²) in [5, 5.41) is 4.04. The summed E-state index contributed by atoms with van der Waals surface area (Å²) >= 11 is 0. The maximum atomic E-state index is 12.2. The van der Waals surface area contributed by atoms with E-state index in [1.165, 1.54) is 5.56 Å². The molecule has 2 heterocycles. The molecule has 102 valence electrons. The zero-order valence-corrected chi connectivity index (χ0v) is 11.6. The van der Waals surface area contributed by atoms with Crippen LogP contribution in [0.4, 0.5) is 5.69 Å². The van der Waals surface area contributed by atoms with Gasteiger partial charge in [0.1, 0.15) is 0 Å². The summed E-state index contributed by atoms with van der Waals surface area (Å²) in [4.78, 5) is 15.4. The lowest BCUT2D eigenvalue weighted by Gasteiger charge is -1.98. The minimum atomic E-state index is -0.0433. The minimum Gasteiger partial charge on any atom is -0.361 e. The van der Waals surface area contributed by atoms with Crippen molar-refractivity contribution >= 4 is 34.1 Å². The lowest BCUT2D eigenvalue weighted by Crippen LogP contribution is -2.03. The van der Waals surface area contributed by atoms with E-state index in [0.717, 1.165) is 27.7 Å². The van der Waals surface area contributed by atoms with Crippen LogP contribution in [0.1, 0.15) is 16.7 Å². The maximum Gasteiger partial charge on any atom is 0.256 e. The van der Waals surface area contributed by atoms with Crippen LogP contribution in [0.3, 0.4) is 0 Å². The predicted octanol–water partition coefficient (Wildman–Crippen LogP) is 3.97. The third-order valence-corrected chi connectivity index (χ3v) is 3.88. The van der Waals surface area contributed by atoms with Gasteiger partial charge in [-0.3, -0.25) is 4.79 Å². The van der Waals surface area contributed by atoms with Crippen molar-refractivity contribution in [2.75, 3.05) is 5.32 Å². The molecule has 0 aliphatic carbocycles. The third-order valence-electron chi connectivity index (χ3n) is 3.88. The molecule has 0 spiro atoms. The zero-order valence-electron chi connectivity index (χ0n) is 11.6. The van der Waals surface area contributed by atoms with E-state index in [9.17, 15) is 4.79 Å². The van der Waals surface area contributed by atoms with Gasteiger partial charge in [0.05, 0.1) is 0 Å². The van der Waals surface area contributed by atoms with E-state index in [4.69, 9.17) is 0 Å². The molecule has 3 nitrogen and oxygen atoms in total. The van der Waals surface area contributed by atoms with Gasteiger partial charge in [-0.25, -0.2) is 0 Å². The SMILES string of the molecule is Cc1ccc2[nH]cc(C=C3C(=O)Nc4ccccc43)c2c1. The lowest BCUT2D eigenvalue weighted by molar-refractivity contribution is -0.110. The molecule has 0 fully saturated rings. The topological polar surface area (TPSA) is 44.9 Å². The molecule has 2 N–H and O–H groups in total. The van der Waals surface area contributed by atoms with Gasteiger partial charge < -0.3 is 10.3 Å². The molecule has 0 saturated heterocycles. The van der Waals surface area contributed by atoms with Crippen LogP contribution in [0, 0.1) is 6.92 Å². The van der Waals surface area contributed by atoms with Crippen molar-refractivity contribution in [2.24, 2.45) is 0 Å². The second kappa shape index (κ2) is 4.35. The maximum absolute atomic E-state index is 12.2. The summed E-state index contributed by atoms with van der Waals surface area (Å²) in [5.41, 5.74) is 5.88. The molecule has 1 aromatic heterocycles. The van der Waals surface area contributed by atoms with Gasteiger partial charge in [-0.1, -0.05) is 29.8 Å². The van der Waals surface area contributed by atoms with Gasteiger partial charge in [0.25, 0.3) is 5.91 Å². The van der Waals surface area contributed by atoms with Gasteiger partial charge in [-0.2, -0.15) is 0 Å². The Morgan fingerprint density at radius 1 is 1.10 bits per heavy atom. The number of rotatable bonds is 1. The predicted molar refractivity (Wildman–Crippen MR) is 86.0 cm³/mol. The van der Waals surface area contributed by atoms with Crippen molar-refractivity contribution in [3.8, 4) is 0 Å². The molecular formula is C18H14N2O. The number of hydrogen-bond acceptors (Lipinski definition) is 1. The van der Waals surface area contributed by atoms with Crippen LogP contribution >= 0.6 is 0 Å². The summed E-state index contributed by atoms with van der Waals surface area (Å²) in [6, 6.07) is 14.1. The number of aromatic amines is 1. The Bertz CT molecular complexity index is 902. The first kappa shape index (κ1) is 12.0. The number of carbonyl (C=O) groups excluding carboxylic acids is 1. The molecule has 0 bridgehead atoms. The standard InChI is InChI=1S/C18H14N2O/c1-11-6-7-16-14(8-11)12(10-19-16)9-15-13-4-2-3-5-17(13)20-18(15)21/h2-10,19H,1H3,(H,20,21).